The minimum Gasteiger partial charge on any atom is -0.371 e. The zero-order chi connectivity index (χ0) is 38.3. The zero-order valence-corrected chi connectivity index (χ0v) is 31.5. The van der Waals surface area contributed by atoms with Crippen LogP contribution in [-0.2, 0) is 21.5 Å². The van der Waals surface area contributed by atoms with E-state index >= 15 is 0 Å². The van der Waals surface area contributed by atoms with E-state index in [4.69, 9.17) is 4.52 Å². The van der Waals surface area contributed by atoms with Crippen LogP contribution in [-0.4, -0.2) is 55.5 Å². The number of benzene rings is 3. The normalized spacial score (nSPS) is 16.7. The van der Waals surface area contributed by atoms with Crippen molar-refractivity contribution in [1.82, 2.24) is 35.4 Å². The molecule has 2 saturated heterocycles. The van der Waals surface area contributed by atoms with E-state index in [9.17, 15) is 14.4 Å². The summed E-state index contributed by atoms with van der Waals surface area (Å²) in [7, 11) is 0. The highest BCUT2D eigenvalue weighted by molar-refractivity contribution is 6.01. The Morgan fingerprint density at radius 3 is 2.33 bits per heavy atom. The van der Waals surface area contributed by atoms with Crippen molar-refractivity contribution in [2.24, 2.45) is 0 Å². The average Bonchev–Trinajstić information content (AvgIpc) is 3.87. The lowest BCUT2D eigenvalue weighted by molar-refractivity contribution is -0.134. The summed E-state index contributed by atoms with van der Waals surface area (Å²) in [6.45, 7) is 10.1. The minimum atomic E-state index is -0.383. The van der Waals surface area contributed by atoms with Crippen LogP contribution in [0.25, 0.3) is 27.9 Å². The van der Waals surface area contributed by atoms with Gasteiger partial charge in [-0.1, -0.05) is 74.5 Å². The summed E-state index contributed by atoms with van der Waals surface area (Å²) < 4.78 is 7.14. The van der Waals surface area contributed by atoms with E-state index in [1.54, 1.807) is 6.33 Å². The van der Waals surface area contributed by atoms with Crippen LogP contribution < -0.4 is 15.5 Å². The smallest absolute Gasteiger partial charge is 0.292 e. The molecule has 55 heavy (non-hydrogen) atoms. The highest BCUT2D eigenvalue weighted by atomic mass is 16.5. The van der Waals surface area contributed by atoms with Gasteiger partial charge >= 0.3 is 0 Å². The van der Waals surface area contributed by atoms with Crippen molar-refractivity contribution >= 4 is 28.9 Å². The van der Waals surface area contributed by atoms with Crippen LogP contribution in [0.15, 0.2) is 89.8 Å². The van der Waals surface area contributed by atoms with Gasteiger partial charge in [-0.05, 0) is 84.2 Å². The molecule has 0 radical (unpaired) electrons. The largest absolute Gasteiger partial charge is 0.371 e. The third-order valence-electron chi connectivity index (χ3n) is 10.8. The van der Waals surface area contributed by atoms with Gasteiger partial charge in [0.2, 0.25) is 17.7 Å². The molecule has 1 atom stereocenters. The summed E-state index contributed by atoms with van der Waals surface area (Å²) in [5.41, 5.74) is 10.00. The van der Waals surface area contributed by atoms with E-state index < -0.39 is 0 Å². The monoisotopic (exact) mass is 736 g/mol. The van der Waals surface area contributed by atoms with Crippen LogP contribution in [0.1, 0.15) is 97.1 Å². The minimum absolute atomic E-state index is 0.0236. The van der Waals surface area contributed by atoms with Gasteiger partial charge in [0.25, 0.3) is 11.7 Å². The van der Waals surface area contributed by atoms with Gasteiger partial charge in [0.15, 0.2) is 0 Å². The number of fused-ring (bicyclic) bond motifs is 1. The van der Waals surface area contributed by atoms with Crippen LogP contribution in [0.4, 0.5) is 5.69 Å². The molecule has 0 spiro atoms. The summed E-state index contributed by atoms with van der Waals surface area (Å²) in [6, 6.07) is 25.4. The van der Waals surface area contributed by atoms with Gasteiger partial charge in [0.1, 0.15) is 6.33 Å². The maximum Gasteiger partial charge on any atom is 0.292 e. The fourth-order valence-corrected chi connectivity index (χ4v) is 7.57. The molecule has 3 aromatic heterocycles. The lowest BCUT2D eigenvalue weighted by atomic mass is 9.86. The first kappa shape index (κ1) is 35.8. The number of amides is 3. The Kier molecular flexibility index (Phi) is 9.50. The molecule has 0 saturated carbocycles. The Morgan fingerprint density at radius 1 is 0.909 bits per heavy atom. The maximum atomic E-state index is 12.7. The Morgan fingerprint density at radius 2 is 1.64 bits per heavy atom. The zero-order valence-electron chi connectivity index (χ0n) is 31.5. The summed E-state index contributed by atoms with van der Waals surface area (Å²) in [4.78, 5) is 47.9. The number of hydrogen-bond donors (Lipinski definition) is 2. The molecule has 12 nitrogen and oxygen atoms in total. The highest BCUT2D eigenvalue weighted by Gasteiger charge is 2.29. The molecule has 6 aromatic rings. The number of nitrogens with one attached hydrogen (secondary N) is 2. The predicted octanol–water partition coefficient (Wildman–Crippen LogP) is 6.89. The summed E-state index contributed by atoms with van der Waals surface area (Å²) in [5, 5.41) is 13.7. The summed E-state index contributed by atoms with van der Waals surface area (Å²) >= 11 is 0. The van der Waals surface area contributed by atoms with Gasteiger partial charge in [0, 0.05) is 54.5 Å². The fraction of sp³-hybridized carbons (Fsp3) is 0.326. The first-order chi connectivity index (χ1) is 26.5. The Hall–Kier alpha value is -6.17. The first-order valence-corrected chi connectivity index (χ1v) is 18.8. The molecule has 8 rings (SSSR count). The van der Waals surface area contributed by atoms with Gasteiger partial charge in [-0.3, -0.25) is 19.7 Å². The SMILES string of the molecule is Cc1cc(-c2ncnn3cc(-c4ccc(N5CCC(c6ccc(C7CCC(=O)NC7=O)cc6)CC5)cc4)cc23)ccc1CNC(=O)c1noc(C(C)(C)C)n1. The molecule has 1 unspecified atom stereocenters. The lowest BCUT2D eigenvalue weighted by Gasteiger charge is -2.34. The quantitative estimate of drug-likeness (QED) is 0.160. The van der Waals surface area contributed by atoms with Crippen molar-refractivity contribution in [3.8, 4) is 22.4 Å². The number of piperidine rings is 2. The molecular formula is C43H44N8O4. The molecule has 3 amide bonds. The summed E-state index contributed by atoms with van der Waals surface area (Å²) in [5.74, 6) is -0.0923. The molecule has 0 bridgehead atoms. The van der Waals surface area contributed by atoms with Crippen LogP contribution in [0, 0.1) is 6.92 Å². The van der Waals surface area contributed by atoms with E-state index in [1.807, 2.05) is 50.5 Å². The number of imide groups is 1. The first-order valence-electron chi connectivity index (χ1n) is 18.8. The second-order valence-corrected chi connectivity index (χ2v) is 15.6. The number of aryl methyl sites for hydroxylation is 1. The van der Waals surface area contributed by atoms with E-state index in [2.05, 4.69) is 96.4 Å². The molecule has 2 fully saturated rings. The standard InChI is InChI=1S/C43H44N8O4/c1-26-21-31(9-10-32(26)23-44-41(54)39-48-42(55-49-39)43(2,3)4)38-36-22-33(24-51(36)46-25-45-38)28-11-13-34(14-12-28)50-19-17-29(18-20-50)27-5-7-30(8-6-27)35-15-16-37(52)47-40(35)53/h5-14,21-22,24-25,29,35H,15-20,23H2,1-4H3,(H,44,54)(H,47,52,53). The van der Waals surface area contributed by atoms with Gasteiger partial charge in [-0.15, -0.1) is 0 Å². The molecule has 280 valence electrons. The number of carbonyl (C=O) groups excluding carboxylic acids is 3. The number of aromatic nitrogens is 5. The van der Waals surface area contributed by atoms with Crippen molar-refractivity contribution in [3.63, 3.8) is 0 Å². The van der Waals surface area contributed by atoms with Gasteiger partial charge in [0.05, 0.1) is 17.1 Å². The number of rotatable bonds is 8. The fourth-order valence-electron chi connectivity index (χ4n) is 7.57. The topological polar surface area (TPSA) is 148 Å². The van der Waals surface area contributed by atoms with Gasteiger partial charge in [-0.25, -0.2) is 9.50 Å². The van der Waals surface area contributed by atoms with Crippen LogP contribution in [0.5, 0.6) is 0 Å². The molecule has 2 N–H and O–H groups in total. The van der Waals surface area contributed by atoms with Crippen molar-refractivity contribution < 1.29 is 18.9 Å². The highest BCUT2D eigenvalue weighted by Crippen LogP contribution is 2.34. The third-order valence-corrected chi connectivity index (χ3v) is 10.8. The van der Waals surface area contributed by atoms with Crippen molar-refractivity contribution in [2.75, 3.05) is 18.0 Å². The second-order valence-electron chi connectivity index (χ2n) is 15.6. The molecular weight excluding hydrogens is 693 g/mol. The van der Waals surface area contributed by atoms with Gasteiger partial charge < -0.3 is 14.7 Å². The van der Waals surface area contributed by atoms with Crippen LogP contribution in [0.3, 0.4) is 0 Å². The molecule has 2 aliphatic rings. The van der Waals surface area contributed by atoms with Crippen LogP contribution >= 0.6 is 0 Å². The van der Waals surface area contributed by atoms with Crippen LogP contribution in [0.2, 0.25) is 0 Å². The van der Waals surface area contributed by atoms with Crippen molar-refractivity contribution in [2.45, 2.75) is 77.2 Å². The number of hydrogen-bond acceptors (Lipinski definition) is 9. The van der Waals surface area contributed by atoms with Crippen molar-refractivity contribution in [3.05, 3.63) is 119 Å². The number of anilines is 1. The Bertz CT molecular complexity index is 2380. The van der Waals surface area contributed by atoms with E-state index in [0.717, 1.165) is 70.5 Å². The average molecular weight is 737 g/mol. The third kappa shape index (κ3) is 7.49. The van der Waals surface area contributed by atoms with E-state index in [-0.39, 0.29) is 34.9 Å². The van der Waals surface area contributed by atoms with E-state index in [1.165, 1.54) is 11.3 Å². The Balaban J connectivity index is 0.898. The predicted molar refractivity (Wildman–Crippen MR) is 209 cm³/mol. The molecule has 3 aromatic carbocycles. The maximum absolute atomic E-state index is 12.7. The lowest BCUT2D eigenvalue weighted by Crippen LogP contribution is -2.39. The molecule has 5 heterocycles. The molecule has 0 aliphatic carbocycles. The van der Waals surface area contributed by atoms with Crippen molar-refractivity contribution in [1.29, 1.82) is 0 Å². The molecule has 2 aliphatic heterocycles. The number of nitrogens with zero attached hydrogens (tertiary/aromatic N) is 6. The van der Waals surface area contributed by atoms with E-state index in [0.29, 0.717) is 31.2 Å². The molecule has 12 heteroatoms. The Labute approximate surface area is 319 Å². The summed E-state index contributed by atoms with van der Waals surface area (Å²) in [6.07, 6.45) is 6.68. The van der Waals surface area contributed by atoms with Gasteiger partial charge in [-0.2, -0.15) is 10.1 Å². The number of carbonyl (C=O) groups is 3. The second kappa shape index (κ2) is 14.6.